The number of rotatable bonds is 4. The molecule has 0 atom stereocenters. The molecule has 1 aliphatic rings. The summed E-state index contributed by atoms with van der Waals surface area (Å²) in [6, 6.07) is 4.61. The summed E-state index contributed by atoms with van der Waals surface area (Å²) >= 11 is 0. The molecule has 2 rings (SSSR count). The first-order valence-corrected chi connectivity index (χ1v) is 7.29. The van der Waals surface area contributed by atoms with Gasteiger partial charge in [0.05, 0.1) is 0 Å². The molecule has 1 aromatic rings. The Bertz CT molecular complexity index is 398. The highest BCUT2D eigenvalue weighted by molar-refractivity contribution is 5.52. The normalized spacial score (nSPS) is 16.3. The average molecular weight is 246 g/mol. The summed E-state index contributed by atoms with van der Waals surface area (Å²) in [5, 5.41) is 0. The lowest BCUT2D eigenvalue weighted by molar-refractivity contribution is 0.352. The van der Waals surface area contributed by atoms with Crippen LogP contribution in [0.25, 0.3) is 0 Å². The zero-order valence-corrected chi connectivity index (χ0v) is 11.8. The second-order valence-electron chi connectivity index (χ2n) is 5.58. The van der Waals surface area contributed by atoms with Gasteiger partial charge in [0.1, 0.15) is 0 Å². The van der Waals surface area contributed by atoms with Crippen LogP contribution in [0.2, 0.25) is 0 Å². The van der Waals surface area contributed by atoms with Gasteiger partial charge in [-0.25, -0.2) is 0 Å². The van der Waals surface area contributed by atoms with Crippen molar-refractivity contribution in [1.29, 1.82) is 0 Å². The SMILES string of the molecule is CCCCCc1cc2c(cc1N)CCN(C)CC2. The average Bonchev–Trinajstić information content (AvgIpc) is 2.53. The van der Waals surface area contributed by atoms with Crippen molar-refractivity contribution in [2.24, 2.45) is 0 Å². The lowest BCUT2D eigenvalue weighted by Gasteiger charge is -2.12. The highest BCUT2D eigenvalue weighted by Crippen LogP contribution is 2.24. The predicted octanol–water partition coefficient (Wildman–Crippen LogP) is 3.03. The fourth-order valence-electron chi connectivity index (χ4n) is 2.74. The third-order valence-electron chi connectivity index (χ3n) is 4.04. The van der Waals surface area contributed by atoms with Crippen molar-refractivity contribution in [3.63, 3.8) is 0 Å². The Kier molecular flexibility index (Phi) is 4.65. The molecule has 0 unspecified atom stereocenters. The standard InChI is InChI=1S/C16H26N2/c1-3-4-5-6-15-11-13-7-9-18(2)10-8-14(13)12-16(15)17/h11-12H,3-10,17H2,1-2H3. The minimum absolute atomic E-state index is 1.01. The maximum absolute atomic E-state index is 6.20. The molecule has 0 saturated carbocycles. The zero-order valence-electron chi connectivity index (χ0n) is 11.8. The van der Waals surface area contributed by atoms with Crippen LogP contribution in [0.3, 0.4) is 0 Å². The molecule has 0 radical (unpaired) electrons. The second kappa shape index (κ2) is 6.24. The van der Waals surface area contributed by atoms with Crippen LogP contribution in [-0.2, 0) is 19.3 Å². The molecule has 100 valence electrons. The quantitative estimate of drug-likeness (QED) is 0.653. The van der Waals surface area contributed by atoms with Crippen LogP contribution < -0.4 is 5.73 Å². The molecule has 1 aliphatic heterocycles. The molecule has 2 heteroatoms. The summed E-state index contributed by atoms with van der Waals surface area (Å²) in [5.74, 6) is 0. The Morgan fingerprint density at radius 1 is 1.11 bits per heavy atom. The smallest absolute Gasteiger partial charge is 0.0349 e. The molecule has 18 heavy (non-hydrogen) atoms. The van der Waals surface area contributed by atoms with E-state index in [0.29, 0.717) is 0 Å². The van der Waals surface area contributed by atoms with E-state index in [9.17, 15) is 0 Å². The molecule has 0 aliphatic carbocycles. The molecule has 0 aromatic heterocycles. The number of anilines is 1. The summed E-state index contributed by atoms with van der Waals surface area (Å²) in [6.45, 7) is 4.57. The molecule has 0 fully saturated rings. The molecular weight excluding hydrogens is 220 g/mol. The first-order valence-electron chi connectivity index (χ1n) is 7.29. The topological polar surface area (TPSA) is 29.3 Å². The summed E-state index contributed by atoms with van der Waals surface area (Å²) in [6.07, 6.45) is 7.30. The van der Waals surface area contributed by atoms with Crippen molar-refractivity contribution in [2.75, 3.05) is 25.9 Å². The van der Waals surface area contributed by atoms with E-state index in [1.807, 2.05) is 0 Å². The van der Waals surface area contributed by atoms with Gasteiger partial charge in [0.15, 0.2) is 0 Å². The summed E-state index contributed by atoms with van der Waals surface area (Å²) < 4.78 is 0. The zero-order chi connectivity index (χ0) is 13.0. The monoisotopic (exact) mass is 246 g/mol. The number of aryl methyl sites for hydroxylation is 1. The Hall–Kier alpha value is -1.02. The van der Waals surface area contributed by atoms with Crippen molar-refractivity contribution >= 4 is 5.69 Å². The van der Waals surface area contributed by atoms with Gasteiger partial charge in [0.2, 0.25) is 0 Å². The first kappa shape index (κ1) is 13.4. The van der Waals surface area contributed by atoms with Gasteiger partial charge in [-0.1, -0.05) is 25.8 Å². The fraction of sp³-hybridized carbons (Fsp3) is 0.625. The number of benzene rings is 1. The maximum Gasteiger partial charge on any atom is 0.0349 e. The largest absolute Gasteiger partial charge is 0.398 e. The maximum atomic E-state index is 6.20. The van der Waals surface area contributed by atoms with E-state index in [4.69, 9.17) is 5.73 Å². The number of likely N-dealkylation sites (N-methyl/N-ethyl adjacent to an activating group) is 1. The summed E-state index contributed by atoms with van der Waals surface area (Å²) in [7, 11) is 2.21. The van der Waals surface area contributed by atoms with E-state index in [0.717, 1.165) is 25.1 Å². The van der Waals surface area contributed by atoms with Crippen LogP contribution in [0.5, 0.6) is 0 Å². The van der Waals surface area contributed by atoms with Crippen molar-refractivity contribution < 1.29 is 0 Å². The van der Waals surface area contributed by atoms with Crippen LogP contribution in [0.15, 0.2) is 12.1 Å². The van der Waals surface area contributed by atoms with E-state index in [1.54, 1.807) is 0 Å². The molecule has 0 spiro atoms. The predicted molar refractivity (Wildman–Crippen MR) is 79.0 cm³/mol. The van der Waals surface area contributed by atoms with Gasteiger partial charge in [-0.15, -0.1) is 0 Å². The molecule has 2 N–H and O–H groups in total. The van der Waals surface area contributed by atoms with Crippen LogP contribution in [0.1, 0.15) is 42.9 Å². The molecule has 2 nitrogen and oxygen atoms in total. The third-order valence-corrected chi connectivity index (χ3v) is 4.04. The van der Waals surface area contributed by atoms with Crippen LogP contribution >= 0.6 is 0 Å². The molecule has 0 bridgehead atoms. The fourth-order valence-corrected chi connectivity index (χ4v) is 2.74. The lowest BCUT2D eigenvalue weighted by Crippen LogP contribution is -2.20. The highest BCUT2D eigenvalue weighted by Gasteiger charge is 2.13. The van der Waals surface area contributed by atoms with Gasteiger partial charge in [-0.05, 0) is 55.5 Å². The molecular formula is C16H26N2. The van der Waals surface area contributed by atoms with Gasteiger partial charge < -0.3 is 10.6 Å². The van der Waals surface area contributed by atoms with Gasteiger partial charge in [0.25, 0.3) is 0 Å². The third kappa shape index (κ3) is 3.26. The van der Waals surface area contributed by atoms with Crippen LogP contribution in [-0.4, -0.2) is 25.0 Å². The van der Waals surface area contributed by atoms with Crippen molar-refractivity contribution in [1.82, 2.24) is 4.90 Å². The van der Waals surface area contributed by atoms with Crippen LogP contribution in [0, 0.1) is 0 Å². The number of unbranched alkanes of at least 4 members (excludes halogenated alkanes) is 2. The van der Waals surface area contributed by atoms with Gasteiger partial charge in [0, 0.05) is 18.8 Å². The van der Waals surface area contributed by atoms with Gasteiger partial charge in [-0.3, -0.25) is 0 Å². The highest BCUT2D eigenvalue weighted by atomic mass is 15.1. The molecule has 0 amide bonds. The van der Waals surface area contributed by atoms with E-state index < -0.39 is 0 Å². The van der Waals surface area contributed by atoms with Crippen LogP contribution in [0.4, 0.5) is 5.69 Å². The molecule has 0 saturated heterocycles. The van der Waals surface area contributed by atoms with E-state index in [1.165, 1.54) is 48.9 Å². The Morgan fingerprint density at radius 2 is 1.78 bits per heavy atom. The minimum atomic E-state index is 1.01. The van der Waals surface area contributed by atoms with Gasteiger partial charge >= 0.3 is 0 Å². The molecule has 1 heterocycles. The number of nitrogens with zero attached hydrogens (tertiary/aromatic N) is 1. The Balaban J connectivity index is 2.14. The van der Waals surface area contributed by atoms with Crippen molar-refractivity contribution in [3.8, 4) is 0 Å². The van der Waals surface area contributed by atoms with Crippen molar-refractivity contribution in [3.05, 3.63) is 28.8 Å². The number of nitrogens with two attached hydrogens (primary N) is 1. The summed E-state index contributed by atoms with van der Waals surface area (Å²) in [5.41, 5.74) is 11.6. The minimum Gasteiger partial charge on any atom is -0.398 e. The number of hydrogen-bond acceptors (Lipinski definition) is 2. The second-order valence-corrected chi connectivity index (χ2v) is 5.58. The van der Waals surface area contributed by atoms with E-state index in [-0.39, 0.29) is 0 Å². The van der Waals surface area contributed by atoms with Gasteiger partial charge in [-0.2, -0.15) is 0 Å². The first-order chi connectivity index (χ1) is 8.70. The number of nitrogen functional groups attached to an aromatic ring is 1. The molecule has 1 aromatic carbocycles. The Labute approximate surface area is 111 Å². The number of hydrogen-bond donors (Lipinski definition) is 1. The van der Waals surface area contributed by atoms with Crippen molar-refractivity contribution in [2.45, 2.75) is 45.4 Å². The van der Waals surface area contributed by atoms with E-state index in [2.05, 4.69) is 31.0 Å². The summed E-state index contributed by atoms with van der Waals surface area (Å²) in [4.78, 5) is 2.41. The number of fused-ring (bicyclic) bond motifs is 1. The lowest BCUT2D eigenvalue weighted by atomic mass is 9.96. The Morgan fingerprint density at radius 3 is 2.44 bits per heavy atom. The van der Waals surface area contributed by atoms with E-state index >= 15 is 0 Å².